The maximum absolute atomic E-state index is 5.72. The zero-order valence-corrected chi connectivity index (χ0v) is 18.7. The van der Waals surface area contributed by atoms with Crippen LogP contribution in [-0.2, 0) is 11.2 Å². The summed E-state index contributed by atoms with van der Waals surface area (Å²) in [6.45, 7) is 8.47. The molecule has 1 aliphatic rings. The van der Waals surface area contributed by atoms with Crippen LogP contribution in [0.1, 0.15) is 32.3 Å². The number of hydrogen-bond donors (Lipinski definition) is 2. The summed E-state index contributed by atoms with van der Waals surface area (Å²) in [5.41, 5.74) is 1.31. The fourth-order valence-corrected chi connectivity index (χ4v) is 3.58. The molecular weight excluding hydrogens is 368 g/mol. The number of aliphatic imine (C=N–C) groups is 1. The Labute approximate surface area is 175 Å². The van der Waals surface area contributed by atoms with Gasteiger partial charge in [-0.1, -0.05) is 6.07 Å². The predicted molar refractivity (Wildman–Crippen MR) is 118 cm³/mol. The van der Waals surface area contributed by atoms with E-state index in [9.17, 15) is 0 Å². The van der Waals surface area contributed by atoms with Crippen LogP contribution in [0.2, 0.25) is 0 Å². The fourth-order valence-electron chi connectivity index (χ4n) is 3.58. The first-order chi connectivity index (χ1) is 14.0. The van der Waals surface area contributed by atoms with E-state index in [0.29, 0.717) is 13.2 Å². The van der Waals surface area contributed by atoms with Crippen molar-refractivity contribution in [3.8, 4) is 11.5 Å². The van der Waals surface area contributed by atoms with Crippen LogP contribution in [0.4, 0.5) is 0 Å². The molecule has 0 amide bonds. The molecule has 2 N–H and O–H groups in total. The van der Waals surface area contributed by atoms with Gasteiger partial charge in [0.2, 0.25) is 0 Å². The Bertz CT molecular complexity index is 643. The molecule has 1 fully saturated rings. The van der Waals surface area contributed by atoms with Gasteiger partial charge in [0, 0.05) is 38.9 Å². The van der Waals surface area contributed by atoms with Crippen molar-refractivity contribution in [1.82, 2.24) is 15.5 Å². The van der Waals surface area contributed by atoms with Crippen molar-refractivity contribution in [2.75, 3.05) is 60.7 Å². The van der Waals surface area contributed by atoms with E-state index < -0.39 is 0 Å². The highest BCUT2D eigenvalue weighted by atomic mass is 16.5. The van der Waals surface area contributed by atoms with Gasteiger partial charge in [0.25, 0.3) is 0 Å². The molecule has 0 bridgehead atoms. The number of ether oxygens (including phenoxy) is 3. The van der Waals surface area contributed by atoms with Crippen LogP contribution in [0.3, 0.4) is 0 Å². The van der Waals surface area contributed by atoms with Crippen LogP contribution in [-0.4, -0.2) is 77.1 Å². The van der Waals surface area contributed by atoms with Crippen molar-refractivity contribution in [3.63, 3.8) is 0 Å². The second kappa shape index (κ2) is 11.9. The summed E-state index contributed by atoms with van der Waals surface area (Å²) >= 11 is 0. The van der Waals surface area contributed by atoms with Gasteiger partial charge in [-0.05, 0) is 64.9 Å². The third kappa shape index (κ3) is 6.78. The van der Waals surface area contributed by atoms with E-state index in [1.807, 2.05) is 27.0 Å². The maximum atomic E-state index is 5.72. The second-order valence-electron chi connectivity index (χ2n) is 7.48. The molecule has 7 heteroatoms. The van der Waals surface area contributed by atoms with Crippen LogP contribution in [0, 0.1) is 0 Å². The first kappa shape index (κ1) is 23.3. The summed E-state index contributed by atoms with van der Waals surface area (Å²) in [4.78, 5) is 6.69. The lowest BCUT2D eigenvalue weighted by atomic mass is 9.88. The Kier molecular flexibility index (Phi) is 9.54. The van der Waals surface area contributed by atoms with Crippen molar-refractivity contribution in [3.05, 3.63) is 23.8 Å². The van der Waals surface area contributed by atoms with Gasteiger partial charge in [-0.2, -0.15) is 0 Å². The number of nitrogens with zero attached hydrogens (tertiary/aromatic N) is 2. The number of likely N-dealkylation sites (N-methyl/N-ethyl adjacent to an activating group) is 1. The van der Waals surface area contributed by atoms with Crippen LogP contribution in [0.25, 0.3) is 0 Å². The van der Waals surface area contributed by atoms with E-state index in [0.717, 1.165) is 63.0 Å². The standard InChI is InChI=1S/C22H38N4O3/c1-6-28-19-9-8-18(16-20(19)29-7-2)10-13-24-21(23-3)25-17-22(26(4)5)11-14-27-15-12-22/h8-9,16H,6-7,10-15,17H2,1-5H3,(H2,23,24,25). The number of benzene rings is 1. The molecule has 0 aromatic heterocycles. The predicted octanol–water partition coefficient (Wildman–Crippen LogP) is 2.30. The van der Waals surface area contributed by atoms with Crippen LogP contribution >= 0.6 is 0 Å². The van der Waals surface area contributed by atoms with E-state index in [4.69, 9.17) is 14.2 Å². The summed E-state index contributed by atoms with van der Waals surface area (Å²) in [6.07, 6.45) is 2.92. The molecule has 0 spiro atoms. The molecule has 0 atom stereocenters. The SMILES string of the molecule is CCOc1ccc(CCNC(=NC)NCC2(N(C)C)CCOCC2)cc1OCC. The molecule has 0 saturated carbocycles. The highest BCUT2D eigenvalue weighted by Gasteiger charge is 2.34. The van der Waals surface area contributed by atoms with Gasteiger partial charge in [-0.25, -0.2) is 0 Å². The Balaban J connectivity index is 1.87. The minimum absolute atomic E-state index is 0.109. The molecule has 0 unspecified atom stereocenters. The smallest absolute Gasteiger partial charge is 0.191 e. The molecule has 0 radical (unpaired) electrons. The first-order valence-corrected chi connectivity index (χ1v) is 10.6. The van der Waals surface area contributed by atoms with Crippen molar-refractivity contribution in [2.24, 2.45) is 4.99 Å². The lowest BCUT2D eigenvalue weighted by Gasteiger charge is -2.43. The van der Waals surface area contributed by atoms with Gasteiger partial charge < -0.3 is 29.7 Å². The highest BCUT2D eigenvalue weighted by Crippen LogP contribution is 2.28. The summed E-state index contributed by atoms with van der Waals surface area (Å²) in [5, 5.41) is 6.92. The Morgan fingerprint density at radius 2 is 1.79 bits per heavy atom. The molecule has 1 saturated heterocycles. The molecule has 1 heterocycles. The second-order valence-corrected chi connectivity index (χ2v) is 7.48. The molecule has 7 nitrogen and oxygen atoms in total. The number of guanidine groups is 1. The highest BCUT2D eigenvalue weighted by molar-refractivity contribution is 5.79. The fraction of sp³-hybridized carbons (Fsp3) is 0.682. The minimum Gasteiger partial charge on any atom is -0.490 e. The van der Waals surface area contributed by atoms with Gasteiger partial charge in [0.1, 0.15) is 0 Å². The molecule has 1 aromatic carbocycles. The lowest BCUT2D eigenvalue weighted by molar-refractivity contribution is -0.00501. The lowest BCUT2D eigenvalue weighted by Crippen LogP contribution is -2.57. The van der Waals surface area contributed by atoms with Crippen molar-refractivity contribution in [1.29, 1.82) is 0 Å². The zero-order valence-electron chi connectivity index (χ0n) is 18.7. The van der Waals surface area contributed by atoms with Gasteiger partial charge in [0.15, 0.2) is 17.5 Å². The van der Waals surface area contributed by atoms with Crippen LogP contribution in [0.5, 0.6) is 11.5 Å². The van der Waals surface area contributed by atoms with Crippen LogP contribution < -0.4 is 20.1 Å². The molecule has 0 aliphatic carbocycles. The Hall–Kier alpha value is -1.99. The summed E-state index contributed by atoms with van der Waals surface area (Å²) < 4.78 is 16.9. The summed E-state index contributed by atoms with van der Waals surface area (Å²) in [7, 11) is 6.10. The molecule has 1 aromatic rings. The molecule has 164 valence electrons. The van der Waals surface area contributed by atoms with E-state index in [-0.39, 0.29) is 5.54 Å². The summed E-state index contributed by atoms with van der Waals surface area (Å²) in [6, 6.07) is 6.15. The van der Waals surface area contributed by atoms with E-state index in [1.165, 1.54) is 5.56 Å². The van der Waals surface area contributed by atoms with Crippen molar-refractivity contribution in [2.45, 2.75) is 38.6 Å². The van der Waals surface area contributed by atoms with Crippen molar-refractivity contribution < 1.29 is 14.2 Å². The molecular formula is C22H38N4O3. The van der Waals surface area contributed by atoms with E-state index >= 15 is 0 Å². The third-order valence-corrected chi connectivity index (χ3v) is 5.49. The molecule has 29 heavy (non-hydrogen) atoms. The quantitative estimate of drug-likeness (QED) is 0.459. The number of nitrogens with one attached hydrogen (secondary N) is 2. The van der Waals surface area contributed by atoms with Gasteiger partial charge in [-0.3, -0.25) is 4.99 Å². The summed E-state index contributed by atoms with van der Waals surface area (Å²) in [5.74, 6) is 2.43. The Morgan fingerprint density at radius 1 is 1.10 bits per heavy atom. The van der Waals surface area contributed by atoms with Gasteiger partial charge in [-0.15, -0.1) is 0 Å². The molecule has 2 rings (SSSR count). The van der Waals surface area contributed by atoms with E-state index in [2.05, 4.69) is 46.8 Å². The maximum Gasteiger partial charge on any atom is 0.191 e. The number of rotatable bonds is 10. The largest absolute Gasteiger partial charge is 0.490 e. The zero-order chi connectivity index (χ0) is 21.1. The first-order valence-electron chi connectivity index (χ1n) is 10.6. The van der Waals surface area contributed by atoms with Crippen LogP contribution in [0.15, 0.2) is 23.2 Å². The number of hydrogen-bond acceptors (Lipinski definition) is 5. The van der Waals surface area contributed by atoms with Crippen molar-refractivity contribution >= 4 is 5.96 Å². The van der Waals surface area contributed by atoms with Gasteiger partial charge >= 0.3 is 0 Å². The third-order valence-electron chi connectivity index (χ3n) is 5.49. The Morgan fingerprint density at radius 3 is 2.41 bits per heavy atom. The van der Waals surface area contributed by atoms with E-state index in [1.54, 1.807) is 0 Å². The average molecular weight is 407 g/mol. The van der Waals surface area contributed by atoms with Gasteiger partial charge in [0.05, 0.1) is 13.2 Å². The topological polar surface area (TPSA) is 67.4 Å². The molecule has 1 aliphatic heterocycles. The monoisotopic (exact) mass is 406 g/mol. The minimum atomic E-state index is 0.109. The average Bonchev–Trinajstić information content (AvgIpc) is 2.73. The normalized spacial score (nSPS) is 16.6.